The summed E-state index contributed by atoms with van der Waals surface area (Å²) >= 11 is 6.12. The fourth-order valence-electron chi connectivity index (χ4n) is 3.77. The number of anilines is 1. The largest absolute Gasteiger partial charge is 0.368 e. The molecular formula is C22H24ClN3O2. The first kappa shape index (κ1) is 18.8. The molecule has 4 rings (SSSR count). The maximum Gasteiger partial charge on any atom is 0.226 e. The molecule has 1 saturated carbocycles. The molecule has 146 valence electrons. The van der Waals surface area contributed by atoms with Crippen molar-refractivity contribution in [3.8, 4) is 0 Å². The molecule has 2 aromatic rings. The van der Waals surface area contributed by atoms with Crippen LogP contribution in [0.4, 0.5) is 5.69 Å². The van der Waals surface area contributed by atoms with Gasteiger partial charge in [-0.3, -0.25) is 9.59 Å². The highest BCUT2D eigenvalue weighted by atomic mass is 35.5. The van der Waals surface area contributed by atoms with E-state index in [1.54, 1.807) is 0 Å². The minimum absolute atomic E-state index is 0.0545. The van der Waals surface area contributed by atoms with Crippen LogP contribution >= 0.6 is 11.6 Å². The molecule has 2 fully saturated rings. The van der Waals surface area contributed by atoms with Gasteiger partial charge in [-0.25, -0.2) is 0 Å². The van der Waals surface area contributed by atoms with Crippen molar-refractivity contribution in [2.24, 2.45) is 11.8 Å². The number of nitrogens with zero attached hydrogens (tertiary/aromatic N) is 2. The van der Waals surface area contributed by atoms with Crippen LogP contribution < -0.4 is 10.2 Å². The minimum Gasteiger partial charge on any atom is -0.368 e. The van der Waals surface area contributed by atoms with E-state index in [9.17, 15) is 9.59 Å². The molecule has 1 aliphatic carbocycles. The van der Waals surface area contributed by atoms with Crippen LogP contribution in [0.5, 0.6) is 0 Å². The van der Waals surface area contributed by atoms with E-state index in [4.69, 9.17) is 11.6 Å². The molecule has 0 bridgehead atoms. The Kier molecular flexibility index (Phi) is 5.53. The third kappa shape index (κ3) is 4.14. The molecule has 1 aliphatic heterocycles. The van der Waals surface area contributed by atoms with Crippen molar-refractivity contribution < 1.29 is 9.59 Å². The third-order valence-corrected chi connectivity index (χ3v) is 5.94. The van der Waals surface area contributed by atoms with E-state index in [1.165, 1.54) is 5.69 Å². The van der Waals surface area contributed by atoms with Gasteiger partial charge in [-0.15, -0.1) is 0 Å². The summed E-state index contributed by atoms with van der Waals surface area (Å²) in [5.74, 6) is -0.316. The number of carbonyl (C=O) groups is 2. The van der Waals surface area contributed by atoms with Gasteiger partial charge in [0.25, 0.3) is 0 Å². The van der Waals surface area contributed by atoms with Crippen molar-refractivity contribution >= 4 is 29.1 Å². The van der Waals surface area contributed by atoms with Crippen LogP contribution in [0, 0.1) is 11.8 Å². The Morgan fingerprint density at radius 2 is 1.61 bits per heavy atom. The number of nitrogens with one attached hydrogen (secondary N) is 1. The second kappa shape index (κ2) is 8.23. The van der Waals surface area contributed by atoms with Gasteiger partial charge in [-0.2, -0.15) is 0 Å². The van der Waals surface area contributed by atoms with Gasteiger partial charge in [0.05, 0.1) is 11.8 Å². The second-order valence-corrected chi connectivity index (χ2v) is 7.81. The van der Waals surface area contributed by atoms with Gasteiger partial charge < -0.3 is 15.1 Å². The first-order valence-electron chi connectivity index (χ1n) is 9.73. The monoisotopic (exact) mass is 397 g/mol. The summed E-state index contributed by atoms with van der Waals surface area (Å²) in [5, 5.41) is 3.56. The fourth-order valence-corrected chi connectivity index (χ4v) is 3.97. The molecule has 0 aromatic heterocycles. The lowest BCUT2D eigenvalue weighted by atomic mass is 10.2. The molecule has 6 heteroatoms. The normalized spacial score (nSPS) is 21.3. The third-order valence-electron chi connectivity index (χ3n) is 5.57. The summed E-state index contributed by atoms with van der Waals surface area (Å²) in [7, 11) is 0. The summed E-state index contributed by atoms with van der Waals surface area (Å²) in [6.45, 7) is 3.46. The van der Waals surface area contributed by atoms with Crippen LogP contribution in [0.3, 0.4) is 0 Å². The second-order valence-electron chi connectivity index (χ2n) is 7.41. The van der Waals surface area contributed by atoms with E-state index in [2.05, 4.69) is 22.3 Å². The summed E-state index contributed by atoms with van der Waals surface area (Å²) in [6, 6.07) is 17.7. The minimum atomic E-state index is -0.206. The number of piperazine rings is 1. The summed E-state index contributed by atoms with van der Waals surface area (Å²) in [6.07, 6.45) is 0.645. The molecule has 0 spiro atoms. The van der Waals surface area contributed by atoms with Crippen LogP contribution in [0.1, 0.15) is 12.0 Å². The lowest BCUT2D eigenvalue weighted by molar-refractivity contribution is -0.135. The van der Waals surface area contributed by atoms with Gasteiger partial charge >= 0.3 is 0 Å². The van der Waals surface area contributed by atoms with Crippen molar-refractivity contribution in [2.45, 2.75) is 13.0 Å². The highest BCUT2D eigenvalue weighted by Gasteiger charge is 2.49. The van der Waals surface area contributed by atoms with Crippen molar-refractivity contribution in [1.82, 2.24) is 10.2 Å². The van der Waals surface area contributed by atoms with E-state index in [1.807, 2.05) is 47.4 Å². The number of benzene rings is 2. The van der Waals surface area contributed by atoms with Crippen LogP contribution in [-0.2, 0) is 16.1 Å². The standard InChI is InChI=1S/C22H24ClN3O2/c23-20-9-5-4-6-16(20)15-24-21(27)18-14-19(18)22(28)26-12-10-25(11-13-26)17-7-2-1-3-8-17/h1-9,18-19H,10-15H2,(H,24,27). The van der Waals surface area contributed by atoms with Crippen molar-refractivity contribution in [2.75, 3.05) is 31.1 Å². The number of carbonyl (C=O) groups excluding carboxylic acids is 2. The number of para-hydroxylation sites is 1. The molecule has 2 unspecified atom stereocenters. The molecule has 0 radical (unpaired) electrons. The molecular weight excluding hydrogens is 374 g/mol. The lowest BCUT2D eigenvalue weighted by Crippen LogP contribution is -2.49. The first-order valence-corrected chi connectivity index (χ1v) is 10.1. The Balaban J connectivity index is 1.24. The van der Waals surface area contributed by atoms with E-state index < -0.39 is 0 Å². The quantitative estimate of drug-likeness (QED) is 0.844. The molecule has 2 aromatic carbocycles. The van der Waals surface area contributed by atoms with Crippen LogP contribution in [0.25, 0.3) is 0 Å². The topological polar surface area (TPSA) is 52.7 Å². The molecule has 2 atom stereocenters. The Bertz CT molecular complexity index is 850. The lowest BCUT2D eigenvalue weighted by Gasteiger charge is -2.36. The average Bonchev–Trinajstić information content (AvgIpc) is 3.54. The fraction of sp³-hybridized carbons (Fsp3) is 0.364. The van der Waals surface area contributed by atoms with E-state index in [0.717, 1.165) is 18.7 Å². The number of amides is 2. The molecule has 1 N–H and O–H groups in total. The van der Waals surface area contributed by atoms with Gasteiger partial charge in [0.15, 0.2) is 0 Å². The summed E-state index contributed by atoms with van der Waals surface area (Å²) < 4.78 is 0. The number of hydrogen-bond acceptors (Lipinski definition) is 3. The SMILES string of the molecule is O=C(NCc1ccccc1Cl)C1CC1C(=O)N1CCN(c2ccccc2)CC1. The first-order chi connectivity index (χ1) is 13.6. The number of rotatable bonds is 5. The molecule has 1 heterocycles. The summed E-state index contributed by atoms with van der Waals surface area (Å²) in [5.41, 5.74) is 2.08. The number of hydrogen-bond donors (Lipinski definition) is 1. The zero-order chi connectivity index (χ0) is 19.5. The van der Waals surface area contributed by atoms with Gasteiger partial charge in [-0.05, 0) is 30.2 Å². The highest BCUT2D eigenvalue weighted by molar-refractivity contribution is 6.31. The molecule has 28 heavy (non-hydrogen) atoms. The highest BCUT2D eigenvalue weighted by Crippen LogP contribution is 2.40. The molecule has 2 amide bonds. The molecule has 2 aliphatic rings. The average molecular weight is 398 g/mol. The Morgan fingerprint density at radius 1 is 0.929 bits per heavy atom. The van der Waals surface area contributed by atoms with Gasteiger partial charge in [0.2, 0.25) is 11.8 Å². The smallest absolute Gasteiger partial charge is 0.226 e. The maximum absolute atomic E-state index is 12.8. The van der Waals surface area contributed by atoms with Gasteiger partial charge in [-0.1, -0.05) is 48.0 Å². The maximum atomic E-state index is 12.8. The summed E-state index contributed by atoms with van der Waals surface area (Å²) in [4.78, 5) is 29.3. The predicted octanol–water partition coefficient (Wildman–Crippen LogP) is 2.94. The van der Waals surface area contributed by atoms with Gasteiger partial charge in [0, 0.05) is 43.4 Å². The molecule has 5 nitrogen and oxygen atoms in total. The van der Waals surface area contributed by atoms with Crippen molar-refractivity contribution in [1.29, 1.82) is 0 Å². The predicted molar refractivity (Wildman–Crippen MR) is 110 cm³/mol. The zero-order valence-corrected chi connectivity index (χ0v) is 16.4. The number of halogens is 1. The van der Waals surface area contributed by atoms with E-state index in [-0.39, 0.29) is 23.7 Å². The Hall–Kier alpha value is -2.53. The van der Waals surface area contributed by atoms with E-state index >= 15 is 0 Å². The van der Waals surface area contributed by atoms with Crippen LogP contribution in [0.15, 0.2) is 54.6 Å². The van der Waals surface area contributed by atoms with E-state index in [0.29, 0.717) is 31.1 Å². The van der Waals surface area contributed by atoms with Crippen molar-refractivity contribution in [3.63, 3.8) is 0 Å². The Labute approximate surface area is 170 Å². The van der Waals surface area contributed by atoms with Crippen molar-refractivity contribution in [3.05, 3.63) is 65.2 Å². The molecule has 1 saturated heterocycles. The van der Waals surface area contributed by atoms with Gasteiger partial charge in [0.1, 0.15) is 0 Å². The Morgan fingerprint density at radius 3 is 2.32 bits per heavy atom. The zero-order valence-electron chi connectivity index (χ0n) is 15.7. The van der Waals surface area contributed by atoms with Crippen LogP contribution in [-0.4, -0.2) is 42.9 Å². The van der Waals surface area contributed by atoms with Crippen LogP contribution in [0.2, 0.25) is 5.02 Å².